The average molecular weight is 463 g/mol. The zero-order valence-corrected chi connectivity index (χ0v) is 17.9. The molecule has 0 spiro atoms. The highest BCUT2D eigenvalue weighted by Gasteiger charge is 2.30. The maximum atomic E-state index is 13.1. The monoisotopic (exact) mass is 463 g/mol. The van der Waals surface area contributed by atoms with E-state index in [0.717, 1.165) is 36.1 Å². The molecule has 3 aromatic rings. The second-order valence-electron chi connectivity index (χ2n) is 7.15. The fraction of sp³-hybridized carbons (Fsp3) is 0.174. The first-order chi connectivity index (χ1) is 15.0. The van der Waals surface area contributed by atoms with E-state index < -0.39 is 27.8 Å². The number of hydrogen-bond acceptors (Lipinski definition) is 4. The van der Waals surface area contributed by atoms with Gasteiger partial charge >= 0.3 is 16.3 Å². The van der Waals surface area contributed by atoms with Crippen LogP contribution in [-0.4, -0.2) is 25.5 Å². The zero-order valence-electron chi connectivity index (χ0n) is 17.0. The average Bonchev–Trinajstić information content (AvgIpc) is 2.73. The van der Waals surface area contributed by atoms with Gasteiger partial charge in [0.2, 0.25) is 0 Å². The Morgan fingerprint density at radius 1 is 0.844 bits per heavy atom. The van der Waals surface area contributed by atoms with E-state index in [9.17, 15) is 26.4 Å². The van der Waals surface area contributed by atoms with Crippen molar-refractivity contribution in [2.45, 2.75) is 19.3 Å². The summed E-state index contributed by atoms with van der Waals surface area (Å²) in [7, 11) is -3.66. The third kappa shape index (κ3) is 6.58. The van der Waals surface area contributed by atoms with Crippen LogP contribution >= 0.6 is 0 Å². The highest BCUT2D eigenvalue weighted by atomic mass is 32.2. The van der Waals surface area contributed by atoms with E-state index in [1.807, 2.05) is 30.3 Å². The summed E-state index contributed by atoms with van der Waals surface area (Å²) < 4.78 is 65.9. The minimum atomic E-state index is -4.49. The van der Waals surface area contributed by atoms with Gasteiger partial charge in [0.05, 0.1) is 11.8 Å². The standard InChI is InChI=1S/C23H20F3NO4S/c1-32(29,30)31-21-13-7-18(8-14-21)16-27(15-17-5-3-2-4-6-17)22(28)19-9-11-20(12-10-19)23(24,25)26/h2-14H,15-16H2,1H3. The molecule has 0 N–H and O–H groups in total. The topological polar surface area (TPSA) is 63.7 Å². The Balaban J connectivity index is 1.84. The predicted octanol–water partition coefficient (Wildman–Crippen LogP) is 4.89. The summed E-state index contributed by atoms with van der Waals surface area (Å²) in [6.07, 6.45) is -3.55. The molecule has 9 heteroatoms. The van der Waals surface area contributed by atoms with Crippen molar-refractivity contribution in [1.82, 2.24) is 4.90 Å². The lowest BCUT2D eigenvalue weighted by Crippen LogP contribution is -2.30. The normalized spacial score (nSPS) is 11.8. The summed E-state index contributed by atoms with van der Waals surface area (Å²) in [6, 6.07) is 19.4. The van der Waals surface area contributed by atoms with E-state index in [2.05, 4.69) is 0 Å². The van der Waals surface area contributed by atoms with Crippen LogP contribution in [0, 0.1) is 0 Å². The predicted molar refractivity (Wildman–Crippen MR) is 113 cm³/mol. The van der Waals surface area contributed by atoms with Gasteiger partial charge in [-0.1, -0.05) is 42.5 Å². The van der Waals surface area contributed by atoms with Gasteiger partial charge in [-0.05, 0) is 47.5 Å². The number of carbonyl (C=O) groups is 1. The van der Waals surface area contributed by atoms with E-state index in [1.54, 1.807) is 12.1 Å². The summed E-state index contributed by atoms with van der Waals surface area (Å²) in [6.45, 7) is 0.399. The molecule has 0 unspecified atom stereocenters. The number of carbonyl (C=O) groups excluding carboxylic acids is 1. The van der Waals surface area contributed by atoms with Crippen molar-refractivity contribution in [3.63, 3.8) is 0 Å². The molecule has 1 amide bonds. The summed E-state index contributed by atoms with van der Waals surface area (Å²) >= 11 is 0. The Labute approximate surface area is 184 Å². The first-order valence-corrected chi connectivity index (χ1v) is 11.3. The molecule has 0 aliphatic rings. The number of halogens is 3. The number of benzene rings is 3. The number of rotatable bonds is 7. The molecule has 3 rings (SSSR count). The van der Waals surface area contributed by atoms with Crippen molar-refractivity contribution < 1.29 is 30.6 Å². The Morgan fingerprint density at radius 3 is 1.88 bits per heavy atom. The number of hydrogen-bond donors (Lipinski definition) is 0. The molecule has 0 fully saturated rings. The van der Waals surface area contributed by atoms with Crippen molar-refractivity contribution in [3.8, 4) is 5.75 Å². The lowest BCUT2D eigenvalue weighted by molar-refractivity contribution is -0.137. The SMILES string of the molecule is CS(=O)(=O)Oc1ccc(CN(Cc2ccccc2)C(=O)c2ccc(C(F)(F)F)cc2)cc1. The van der Waals surface area contributed by atoms with E-state index in [-0.39, 0.29) is 24.4 Å². The third-order valence-corrected chi connectivity index (χ3v) is 5.00. The molecule has 0 saturated carbocycles. The molecule has 0 heterocycles. The molecule has 0 bridgehead atoms. The number of alkyl halides is 3. The van der Waals surface area contributed by atoms with Gasteiger partial charge in [0.1, 0.15) is 5.75 Å². The quantitative estimate of drug-likeness (QED) is 0.468. The lowest BCUT2D eigenvalue weighted by Gasteiger charge is -2.23. The summed E-state index contributed by atoms with van der Waals surface area (Å²) in [4.78, 5) is 14.6. The highest BCUT2D eigenvalue weighted by Crippen LogP contribution is 2.29. The van der Waals surface area contributed by atoms with Crippen LogP contribution in [0.1, 0.15) is 27.0 Å². The van der Waals surface area contributed by atoms with Crippen molar-refractivity contribution in [3.05, 3.63) is 101 Å². The third-order valence-electron chi connectivity index (χ3n) is 4.51. The largest absolute Gasteiger partial charge is 0.416 e. The highest BCUT2D eigenvalue weighted by molar-refractivity contribution is 7.86. The molecular weight excluding hydrogens is 443 g/mol. The molecule has 0 aromatic heterocycles. The van der Waals surface area contributed by atoms with Crippen LogP contribution in [0.2, 0.25) is 0 Å². The van der Waals surface area contributed by atoms with Crippen LogP contribution in [0.4, 0.5) is 13.2 Å². The smallest absolute Gasteiger partial charge is 0.383 e. The Morgan fingerprint density at radius 2 is 1.38 bits per heavy atom. The van der Waals surface area contributed by atoms with Crippen LogP contribution < -0.4 is 4.18 Å². The maximum Gasteiger partial charge on any atom is 0.416 e. The van der Waals surface area contributed by atoms with Crippen molar-refractivity contribution in [1.29, 1.82) is 0 Å². The van der Waals surface area contributed by atoms with Gasteiger partial charge in [-0.15, -0.1) is 0 Å². The minimum absolute atomic E-state index is 0.131. The molecule has 0 aliphatic carbocycles. The summed E-state index contributed by atoms with van der Waals surface area (Å²) in [5.41, 5.74) is 0.850. The minimum Gasteiger partial charge on any atom is -0.383 e. The maximum absolute atomic E-state index is 13.1. The summed E-state index contributed by atoms with van der Waals surface area (Å²) in [5.74, 6) is -0.293. The molecule has 168 valence electrons. The Hall–Kier alpha value is -3.33. The van der Waals surface area contributed by atoms with Crippen LogP contribution in [0.5, 0.6) is 5.75 Å². The molecule has 0 aliphatic heterocycles. The molecular formula is C23H20F3NO4S. The van der Waals surface area contributed by atoms with Gasteiger partial charge < -0.3 is 9.08 Å². The first-order valence-electron chi connectivity index (χ1n) is 9.50. The fourth-order valence-electron chi connectivity index (χ4n) is 3.03. The second-order valence-corrected chi connectivity index (χ2v) is 8.73. The zero-order chi connectivity index (χ0) is 23.4. The second kappa shape index (κ2) is 9.44. The molecule has 3 aromatic carbocycles. The van der Waals surface area contributed by atoms with Crippen LogP contribution in [0.25, 0.3) is 0 Å². The van der Waals surface area contributed by atoms with Gasteiger partial charge in [0, 0.05) is 18.7 Å². The van der Waals surface area contributed by atoms with Crippen LogP contribution in [0.15, 0.2) is 78.9 Å². The molecule has 0 saturated heterocycles. The lowest BCUT2D eigenvalue weighted by atomic mass is 10.1. The first kappa shape index (κ1) is 23.3. The van der Waals surface area contributed by atoms with Gasteiger partial charge in [0.15, 0.2) is 0 Å². The van der Waals surface area contributed by atoms with Crippen molar-refractivity contribution >= 4 is 16.0 Å². The van der Waals surface area contributed by atoms with E-state index in [1.165, 1.54) is 17.0 Å². The number of amides is 1. The molecule has 5 nitrogen and oxygen atoms in total. The van der Waals surface area contributed by atoms with E-state index in [4.69, 9.17) is 4.18 Å². The van der Waals surface area contributed by atoms with E-state index >= 15 is 0 Å². The van der Waals surface area contributed by atoms with Gasteiger partial charge in [-0.3, -0.25) is 4.79 Å². The molecule has 0 atom stereocenters. The van der Waals surface area contributed by atoms with Gasteiger partial charge in [0.25, 0.3) is 5.91 Å². The molecule has 32 heavy (non-hydrogen) atoms. The Bertz CT molecular complexity index is 1160. The molecule has 0 radical (unpaired) electrons. The fourth-order valence-corrected chi connectivity index (χ4v) is 3.49. The van der Waals surface area contributed by atoms with Crippen LogP contribution in [0.3, 0.4) is 0 Å². The Kier molecular flexibility index (Phi) is 6.88. The van der Waals surface area contributed by atoms with Crippen molar-refractivity contribution in [2.75, 3.05) is 6.26 Å². The van der Waals surface area contributed by atoms with Crippen LogP contribution in [-0.2, 0) is 29.4 Å². The summed E-state index contributed by atoms with van der Waals surface area (Å²) in [5, 5.41) is 0. The van der Waals surface area contributed by atoms with Gasteiger partial charge in [-0.25, -0.2) is 0 Å². The number of nitrogens with zero attached hydrogens (tertiary/aromatic N) is 1. The van der Waals surface area contributed by atoms with E-state index in [0.29, 0.717) is 5.56 Å². The van der Waals surface area contributed by atoms with Crippen molar-refractivity contribution in [2.24, 2.45) is 0 Å². The van der Waals surface area contributed by atoms with Gasteiger partial charge in [-0.2, -0.15) is 21.6 Å².